The van der Waals surface area contributed by atoms with E-state index in [2.05, 4.69) is 21.6 Å². The SMILES string of the molecule is COc1ccc(S(=O)(=O)NCC(c2cccn2C)N2CCN(C)CC2)cc1Cl. The number of halogens is 1. The maximum Gasteiger partial charge on any atom is 0.240 e. The lowest BCUT2D eigenvalue weighted by molar-refractivity contribution is 0.109. The van der Waals surface area contributed by atoms with Crippen LogP contribution in [0.15, 0.2) is 41.4 Å². The summed E-state index contributed by atoms with van der Waals surface area (Å²) in [6, 6.07) is 8.46. The van der Waals surface area contributed by atoms with Gasteiger partial charge in [-0.05, 0) is 37.4 Å². The number of hydrogen-bond donors (Lipinski definition) is 1. The van der Waals surface area contributed by atoms with Crippen LogP contribution in [0.5, 0.6) is 5.75 Å². The Morgan fingerprint density at radius 1 is 1.18 bits per heavy atom. The molecule has 3 rings (SSSR count). The highest BCUT2D eigenvalue weighted by Crippen LogP contribution is 2.27. The number of nitrogens with one attached hydrogen (secondary N) is 1. The molecule has 1 saturated heterocycles. The Bertz CT molecular complexity index is 908. The molecule has 7 nitrogen and oxygen atoms in total. The second-order valence-electron chi connectivity index (χ2n) is 7.05. The van der Waals surface area contributed by atoms with E-state index in [9.17, 15) is 8.42 Å². The van der Waals surface area contributed by atoms with E-state index >= 15 is 0 Å². The van der Waals surface area contributed by atoms with Crippen LogP contribution in [0.2, 0.25) is 5.02 Å². The number of nitrogens with zero attached hydrogens (tertiary/aromatic N) is 3. The van der Waals surface area contributed by atoms with Crippen molar-refractivity contribution in [2.75, 3.05) is 46.9 Å². The molecule has 1 unspecified atom stereocenters. The molecule has 1 atom stereocenters. The fourth-order valence-electron chi connectivity index (χ4n) is 3.46. The summed E-state index contributed by atoms with van der Waals surface area (Å²) >= 11 is 6.10. The van der Waals surface area contributed by atoms with Crippen LogP contribution in [0.3, 0.4) is 0 Å². The molecule has 1 aromatic carbocycles. The van der Waals surface area contributed by atoms with Gasteiger partial charge >= 0.3 is 0 Å². The molecule has 1 fully saturated rings. The summed E-state index contributed by atoms with van der Waals surface area (Å²) in [6.07, 6.45) is 1.98. The van der Waals surface area contributed by atoms with Gasteiger partial charge in [-0.3, -0.25) is 4.90 Å². The van der Waals surface area contributed by atoms with E-state index in [-0.39, 0.29) is 22.5 Å². The van der Waals surface area contributed by atoms with Gasteiger partial charge in [-0.1, -0.05) is 11.6 Å². The maximum atomic E-state index is 12.8. The van der Waals surface area contributed by atoms with Crippen molar-refractivity contribution in [2.45, 2.75) is 10.9 Å². The zero-order valence-corrected chi connectivity index (χ0v) is 18.0. The van der Waals surface area contributed by atoms with Crippen LogP contribution in [0.4, 0.5) is 0 Å². The molecular formula is C19H27ClN4O3S. The zero-order valence-electron chi connectivity index (χ0n) is 16.4. The zero-order chi connectivity index (χ0) is 20.3. The monoisotopic (exact) mass is 426 g/mol. The van der Waals surface area contributed by atoms with Gasteiger partial charge in [0.05, 0.1) is 23.1 Å². The quantitative estimate of drug-likeness (QED) is 0.733. The molecule has 1 aromatic heterocycles. The molecule has 154 valence electrons. The Labute approximate surface area is 171 Å². The fourth-order valence-corrected chi connectivity index (χ4v) is 4.85. The maximum absolute atomic E-state index is 12.8. The summed E-state index contributed by atoms with van der Waals surface area (Å²) in [5.41, 5.74) is 1.08. The third kappa shape index (κ3) is 4.69. The number of hydrogen-bond acceptors (Lipinski definition) is 5. The lowest BCUT2D eigenvalue weighted by Crippen LogP contribution is -2.48. The molecule has 0 aliphatic carbocycles. The Balaban J connectivity index is 1.79. The summed E-state index contributed by atoms with van der Waals surface area (Å²) in [4.78, 5) is 4.74. The van der Waals surface area contributed by atoms with Crippen LogP contribution in [0.1, 0.15) is 11.7 Å². The summed E-state index contributed by atoms with van der Waals surface area (Å²) < 4.78 is 35.6. The number of ether oxygens (including phenoxy) is 1. The number of piperazine rings is 1. The molecule has 1 aliphatic rings. The Hall–Kier alpha value is -1.58. The summed E-state index contributed by atoms with van der Waals surface area (Å²) in [5.74, 6) is 0.444. The lowest BCUT2D eigenvalue weighted by Gasteiger charge is -2.38. The van der Waals surface area contributed by atoms with E-state index in [1.54, 1.807) is 6.07 Å². The number of aryl methyl sites for hydroxylation is 1. The normalized spacial score (nSPS) is 17.6. The minimum absolute atomic E-state index is 0.0443. The van der Waals surface area contributed by atoms with E-state index < -0.39 is 10.0 Å². The molecule has 28 heavy (non-hydrogen) atoms. The van der Waals surface area contributed by atoms with Gasteiger partial charge in [0.25, 0.3) is 0 Å². The number of rotatable bonds is 7. The van der Waals surface area contributed by atoms with E-state index in [1.165, 1.54) is 19.2 Å². The molecule has 0 saturated carbocycles. The molecule has 0 spiro atoms. The molecule has 0 radical (unpaired) electrons. The van der Waals surface area contributed by atoms with Gasteiger partial charge in [-0.15, -0.1) is 0 Å². The first-order valence-corrected chi connectivity index (χ1v) is 11.0. The molecule has 1 N–H and O–H groups in total. The predicted molar refractivity (Wildman–Crippen MR) is 110 cm³/mol. The van der Waals surface area contributed by atoms with Crippen molar-refractivity contribution in [1.29, 1.82) is 0 Å². The largest absolute Gasteiger partial charge is 0.495 e. The van der Waals surface area contributed by atoms with Crippen molar-refractivity contribution in [3.63, 3.8) is 0 Å². The number of methoxy groups -OCH3 is 1. The molecule has 0 amide bonds. The molecule has 1 aliphatic heterocycles. The van der Waals surface area contributed by atoms with Crippen LogP contribution in [0.25, 0.3) is 0 Å². The van der Waals surface area contributed by atoms with Gasteiger partial charge in [0, 0.05) is 51.7 Å². The van der Waals surface area contributed by atoms with Crippen LogP contribution in [-0.4, -0.2) is 69.7 Å². The predicted octanol–water partition coefficient (Wildman–Crippen LogP) is 1.95. The third-order valence-electron chi connectivity index (χ3n) is 5.20. The van der Waals surface area contributed by atoms with Crippen molar-refractivity contribution in [3.8, 4) is 5.75 Å². The highest BCUT2D eigenvalue weighted by Gasteiger charge is 2.27. The number of benzene rings is 1. The van der Waals surface area contributed by atoms with E-state index in [0.717, 1.165) is 31.9 Å². The number of aromatic nitrogens is 1. The Morgan fingerprint density at radius 2 is 1.89 bits per heavy atom. The highest BCUT2D eigenvalue weighted by molar-refractivity contribution is 7.89. The fraction of sp³-hybridized carbons (Fsp3) is 0.474. The van der Waals surface area contributed by atoms with Crippen molar-refractivity contribution < 1.29 is 13.2 Å². The number of likely N-dealkylation sites (N-methyl/N-ethyl adjacent to an activating group) is 1. The van der Waals surface area contributed by atoms with E-state index in [4.69, 9.17) is 16.3 Å². The van der Waals surface area contributed by atoms with Crippen LogP contribution < -0.4 is 9.46 Å². The van der Waals surface area contributed by atoms with Gasteiger partial charge in [0.1, 0.15) is 5.75 Å². The smallest absolute Gasteiger partial charge is 0.240 e. The minimum atomic E-state index is -3.69. The van der Waals surface area contributed by atoms with Gasteiger partial charge < -0.3 is 14.2 Å². The van der Waals surface area contributed by atoms with Gasteiger partial charge in [-0.2, -0.15) is 0 Å². The van der Waals surface area contributed by atoms with Gasteiger partial charge in [-0.25, -0.2) is 13.1 Å². The summed E-state index contributed by atoms with van der Waals surface area (Å²) in [6.45, 7) is 3.99. The second-order valence-corrected chi connectivity index (χ2v) is 9.22. The average molecular weight is 427 g/mol. The first-order valence-electron chi connectivity index (χ1n) is 9.19. The summed E-state index contributed by atoms with van der Waals surface area (Å²) in [5, 5.41) is 0.267. The Morgan fingerprint density at radius 3 is 2.46 bits per heavy atom. The molecule has 2 aromatic rings. The topological polar surface area (TPSA) is 66.8 Å². The summed E-state index contributed by atoms with van der Waals surface area (Å²) in [7, 11) is 1.89. The average Bonchev–Trinajstić information content (AvgIpc) is 3.09. The van der Waals surface area contributed by atoms with Gasteiger partial charge in [0.15, 0.2) is 0 Å². The minimum Gasteiger partial charge on any atom is -0.495 e. The molecule has 9 heteroatoms. The lowest BCUT2D eigenvalue weighted by atomic mass is 10.1. The second kappa shape index (κ2) is 8.84. The van der Waals surface area contributed by atoms with E-state index in [1.807, 2.05) is 29.9 Å². The Kier molecular flexibility index (Phi) is 6.67. The molecule has 0 bridgehead atoms. The first kappa shape index (κ1) is 21.1. The first-order chi connectivity index (χ1) is 13.3. The third-order valence-corrected chi connectivity index (χ3v) is 6.92. The van der Waals surface area contributed by atoms with Crippen molar-refractivity contribution in [1.82, 2.24) is 19.1 Å². The van der Waals surface area contributed by atoms with Crippen LogP contribution in [0, 0.1) is 0 Å². The van der Waals surface area contributed by atoms with Crippen molar-refractivity contribution in [3.05, 3.63) is 47.2 Å². The van der Waals surface area contributed by atoms with Crippen molar-refractivity contribution in [2.24, 2.45) is 7.05 Å². The molecule has 2 heterocycles. The van der Waals surface area contributed by atoms with Crippen molar-refractivity contribution >= 4 is 21.6 Å². The standard InChI is InChI=1S/C19H27ClN4O3S/c1-22-9-11-24(12-10-22)18(17-5-4-8-23(17)2)14-21-28(25,26)15-6-7-19(27-3)16(20)13-15/h4-8,13,18,21H,9-12,14H2,1-3H3. The van der Waals surface area contributed by atoms with Gasteiger partial charge in [0.2, 0.25) is 10.0 Å². The highest BCUT2D eigenvalue weighted by atomic mass is 35.5. The number of sulfonamides is 1. The van der Waals surface area contributed by atoms with E-state index in [0.29, 0.717) is 5.75 Å². The van der Waals surface area contributed by atoms with Crippen LogP contribution in [-0.2, 0) is 17.1 Å². The van der Waals surface area contributed by atoms with Crippen LogP contribution >= 0.6 is 11.6 Å². The molecular weight excluding hydrogens is 400 g/mol.